The molecule has 2 atom stereocenters. The number of carboxylic acid groups (broad SMARTS) is 2. The van der Waals surface area contributed by atoms with Crippen molar-refractivity contribution >= 4 is 28.6 Å². The van der Waals surface area contributed by atoms with E-state index >= 15 is 0 Å². The van der Waals surface area contributed by atoms with Crippen LogP contribution in [0.5, 0.6) is 0 Å². The minimum atomic E-state index is -1.58. The topological polar surface area (TPSA) is 126 Å². The maximum atomic E-state index is 11.6. The van der Waals surface area contributed by atoms with Crippen molar-refractivity contribution in [1.29, 1.82) is 0 Å². The molecule has 3 N–H and O–H groups in total. The maximum absolute atomic E-state index is 11.6. The molecule has 3 rings (SSSR count). The van der Waals surface area contributed by atoms with Crippen LogP contribution in [0.15, 0.2) is 30.5 Å². The summed E-state index contributed by atoms with van der Waals surface area (Å²) in [5, 5.41) is 30.5. The van der Waals surface area contributed by atoms with Gasteiger partial charge in [-0.3, -0.25) is 10.0 Å². The predicted octanol–water partition coefficient (Wildman–Crippen LogP) is 0.686. The number of H-pyrrole nitrogens is 1. The molecule has 0 radical (unpaired) electrons. The van der Waals surface area contributed by atoms with Gasteiger partial charge in [0.05, 0.1) is 4.90 Å². The summed E-state index contributed by atoms with van der Waals surface area (Å²) < 4.78 is 0. The molecule has 1 aromatic heterocycles. The Bertz CT molecular complexity index is 778. The van der Waals surface area contributed by atoms with Gasteiger partial charge in [-0.2, -0.15) is 0 Å². The lowest BCUT2D eigenvalue weighted by Crippen LogP contribution is -2.32. The van der Waals surface area contributed by atoms with Crippen molar-refractivity contribution in [3.05, 3.63) is 41.2 Å². The molecule has 0 amide bonds. The molecule has 8 nitrogen and oxygen atoms in total. The Labute approximate surface area is 117 Å². The van der Waals surface area contributed by atoms with Crippen molar-refractivity contribution in [1.82, 2.24) is 4.98 Å². The smallest absolute Gasteiger partial charge is 0.403 e. The number of aliphatic carboxylic acids is 2. The Balaban J connectivity index is 2.20. The molecule has 1 aromatic carbocycles. The fraction of sp³-hybridized carbons (Fsp3) is 0.154. The summed E-state index contributed by atoms with van der Waals surface area (Å²) in [5.41, 5.74) is 0.464. The molecule has 0 fully saturated rings. The van der Waals surface area contributed by atoms with Crippen molar-refractivity contribution in [2.75, 3.05) is 0 Å². The van der Waals surface area contributed by atoms with Crippen LogP contribution in [0.2, 0.25) is 0 Å². The number of rotatable bonds is 3. The quantitative estimate of drug-likeness (QED) is 0.714. The summed E-state index contributed by atoms with van der Waals surface area (Å²) in [7, 11) is 0. The van der Waals surface area contributed by atoms with E-state index in [0.717, 1.165) is 0 Å². The summed E-state index contributed by atoms with van der Waals surface area (Å²) in [6.45, 7) is 0. The van der Waals surface area contributed by atoms with Gasteiger partial charge in [0.25, 0.3) is 0 Å². The molecule has 21 heavy (non-hydrogen) atoms. The van der Waals surface area contributed by atoms with Gasteiger partial charge in [-0.05, 0) is 11.6 Å². The maximum Gasteiger partial charge on any atom is 0.403 e. The van der Waals surface area contributed by atoms with Gasteiger partial charge in [0.1, 0.15) is 5.92 Å². The van der Waals surface area contributed by atoms with Gasteiger partial charge >= 0.3 is 17.7 Å². The van der Waals surface area contributed by atoms with Crippen LogP contribution in [-0.2, 0) is 14.4 Å². The normalized spacial score (nSPS) is 21.5. The number of nitrogens with zero attached hydrogens (tertiary/aromatic N) is 1. The number of benzene rings is 1. The van der Waals surface area contributed by atoms with E-state index in [1.54, 1.807) is 24.3 Å². The lowest BCUT2D eigenvalue weighted by Gasteiger charge is -2.13. The van der Waals surface area contributed by atoms with Crippen LogP contribution in [0.4, 0.5) is 0 Å². The lowest BCUT2D eigenvalue weighted by atomic mass is 9.89. The molecule has 0 aliphatic carbocycles. The van der Waals surface area contributed by atoms with E-state index in [2.05, 4.69) is 9.82 Å². The molecule has 0 unspecified atom stereocenters. The number of hydrogen-bond donors (Lipinski definition) is 3. The van der Waals surface area contributed by atoms with Gasteiger partial charge in [-0.25, -0.2) is 4.79 Å². The number of para-hydroxylation sites is 1. The molecule has 1 aliphatic rings. The van der Waals surface area contributed by atoms with E-state index in [-0.39, 0.29) is 4.90 Å². The molecule has 2 aromatic rings. The summed E-state index contributed by atoms with van der Waals surface area (Å²) in [5.74, 6) is -4.10. The number of nitrogens with one attached hydrogen (secondary N) is 1. The van der Waals surface area contributed by atoms with Gasteiger partial charge in [-0.1, -0.05) is 18.2 Å². The van der Waals surface area contributed by atoms with E-state index in [9.17, 15) is 14.8 Å². The average Bonchev–Trinajstić information content (AvgIpc) is 2.99. The zero-order valence-electron chi connectivity index (χ0n) is 10.5. The second-order valence-corrected chi connectivity index (χ2v) is 4.58. The van der Waals surface area contributed by atoms with E-state index in [1.807, 2.05) is 0 Å². The molecular formula is C13H10N2O6. The largest absolute Gasteiger partial charge is 0.480 e. The van der Waals surface area contributed by atoms with Crippen molar-refractivity contribution in [3.8, 4) is 0 Å². The molecular weight excluding hydrogens is 280 g/mol. The first kappa shape index (κ1) is 13.0. The third-order valence-corrected chi connectivity index (χ3v) is 3.42. The number of aromatic amines is 1. The van der Waals surface area contributed by atoms with Crippen LogP contribution in [0.3, 0.4) is 0 Å². The Kier molecular flexibility index (Phi) is 2.79. The zero-order chi connectivity index (χ0) is 15.1. The number of carboxylic acids is 2. The Morgan fingerprint density at radius 3 is 2.67 bits per heavy atom. The number of carbonyl (C=O) groups is 2. The second kappa shape index (κ2) is 4.51. The van der Waals surface area contributed by atoms with Gasteiger partial charge < -0.3 is 20.0 Å². The first-order valence-electron chi connectivity index (χ1n) is 6.03. The third kappa shape index (κ3) is 1.88. The highest BCUT2D eigenvalue weighted by molar-refractivity contribution is 6.36. The van der Waals surface area contributed by atoms with E-state index in [0.29, 0.717) is 16.5 Å². The van der Waals surface area contributed by atoms with Gasteiger partial charge in [-0.15, -0.1) is 0 Å². The van der Waals surface area contributed by atoms with Crippen molar-refractivity contribution in [2.24, 2.45) is 0 Å². The van der Waals surface area contributed by atoms with E-state index in [4.69, 9.17) is 10.2 Å². The number of aromatic nitrogens is 1. The van der Waals surface area contributed by atoms with Crippen LogP contribution in [0.1, 0.15) is 11.5 Å². The number of fused-ring (bicyclic) bond motifs is 1. The summed E-state index contributed by atoms with van der Waals surface area (Å²) >= 11 is 0. The monoisotopic (exact) mass is 290 g/mol. The van der Waals surface area contributed by atoms with Crippen LogP contribution in [-0.4, -0.2) is 43.9 Å². The molecule has 1 aliphatic heterocycles. The van der Waals surface area contributed by atoms with Crippen LogP contribution >= 0.6 is 0 Å². The summed E-state index contributed by atoms with van der Waals surface area (Å²) in [4.78, 5) is 29.8. The number of hydrogen-bond acceptors (Lipinski definition) is 4. The molecule has 2 heterocycles. The lowest BCUT2D eigenvalue weighted by molar-refractivity contribution is -0.736. The second-order valence-electron chi connectivity index (χ2n) is 4.58. The first-order valence-corrected chi connectivity index (χ1v) is 6.03. The standard InChI is InChI=1S/C13H10N2O6/c16-12(17)10-9(11(13(18)19)21-15(10)20)7-5-14-8-4-2-1-3-6(7)8/h1-5,9,11,14H,(H,16,17)(H,18,19)/t9-,11+/m1/s1. The van der Waals surface area contributed by atoms with Crippen LogP contribution in [0.25, 0.3) is 10.9 Å². The Hall–Kier alpha value is -3.03. The van der Waals surface area contributed by atoms with Crippen LogP contribution in [0, 0.1) is 5.21 Å². The van der Waals surface area contributed by atoms with Crippen molar-refractivity contribution in [2.45, 2.75) is 12.0 Å². The third-order valence-electron chi connectivity index (χ3n) is 3.42. The van der Waals surface area contributed by atoms with Crippen molar-refractivity contribution < 1.29 is 29.5 Å². The molecule has 0 saturated heterocycles. The average molecular weight is 290 g/mol. The van der Waals surface area contributed by atoms with Crippen LogP contribution < -0.4 is 0 Å². The molecule has 8 heteroatoms. The Morgan fingerprint density at radius 2 is 2.00 bits per heavy atom. The highest BCUT2D eigenvalue weighted by Crippen LogP contribution is 2.34. The van der Waals surface area contributed by atoms with Gasteiger partial charge in [0.15, 0.2) is 6.10 Å². The molecule has 0 spiro atoms. The molecule has 0 saturated carbocycles. The highest BCUT2D eigenvalue weighted by atomic mass is 16.9. The zero-order valence-corrected chi connectivity index (χ0v) is 10.5. The first-order chi connectivity index (χ1) is 10.0. The minimum Gasteiger partial charge on any atom is -0.480 e. The SMILES string of the molecule is O=C(O)C1=[N+]([O-])O[C@H](C(=O)O)[C@@H]1c1c[nH]c2ccccc12. The molecule has 0 bridgehead atoms. The summed E-state index contributed by atoms with van der Waals surface area (Å²) in [6, 6.07) is 7.00. The fourth-order valence-corrected chi connectivity index (χ4v) is 2.54. The highest BCUT2D eigenvalue weighted by Gasteiger charge is 2.49. The Morgan fingerprint density at radius 1 is 1.29 bits per heavy atom. The predicted molar refractivity (Wildman–Crippen MR) is 69.8 cm³/mol. The van der Waals surface area contributed by atoms with Crippen molar-refractivity contribution in [3.63, 3.8) is 0 Å². The van der Waals surface area contributed by atoms with Gasteiger partial charge in [0.2, 0.25) is 0 Å². The fourth-order valence-electron chi connectivity index (χ4n) is 2.54. The van der Waals surface area contributed by atoms with Gasteiger partial charge in [0, 0.05) is 17.1 Å². The van der Waals surface area contributed by atoms with E-state index < -0.39 is 29.7 Å². The minimum absolute atomic E-state index is 0.229. The summed E-state index contributed by atoms with van der Waals surface area (Å²) in [6.07, 6.45) is -0.0793. The molecule has 108 valence electrons. The van der Waals surface area contributed by atoms with E-state index in [1.165, 1.54) is 6.20 Å².